The monoisotopic (exact) mass is 1080 g/mol. The molecule has 0 aliphatic rings. The van der Waals surface area contributed by atoms with Crippen LogP contribution in [0.1, 0.15) is 380 Å². The number of rotatable bonds is 65. The molecule has 0 rings (SSSR count). The molecule has 0 aliphatic heterocycles. The van der Waals surface area contributed by atoms with E-state index in [1.165, 1.54) is 295 Å². The van der Waals surface area contributed by atoms with E-state index in [0.717, 1.165) is 51.4 Å². The van der Waals surface area contributed by atoms with Crippen LogP contribution in [0, 0.1) is 0 Å². The van der Waals surface area contributed by atoms with Gasteiger partial charge in [0.05, 0.1) is 25.4 Å². The van der Waals surface area contributed by atoms with Gasteiger partial charge in [-0.25, -0.2) is 0 Å². The molecular weight excluding hydrogens is 947 g/mol. The van der Waals surface area contributed by atoms with E-state index in [-0.39, 0.29) is 18.5 Å². The molecule has 3 N–H and O–H groups in total. The van der Waals surface area contributed by atoms with Crippen LogP contribution < -0.4 is 5.32 Å². The second-order valence-electron chi connectivity index (χ2n) is 23.9. The van der Waals surface area contributed by atoms with Crippen LogP contribution >= 0.6 is 0 Å². The summed E-state index contributed by atoms with van der Waals surface area (Å²) >= 11 is 0. The summed E-state index contributed by atoms with van der Waals surface area (Å²) in [7, 11) is 0. The Bertz CT molecular complexity index is 1250. The van der Waals surface area contributed by atoms with Gasteiger partial charge in [-0.05, 0) is 83.5 Å². The third-order valence-corrected chi connectivity index (χ3v) is 16.2. The van der Waals surface area contributed by atoms with Crippen LogP contribution in [-0.2, 0) is 14.3 Å². The molecule has 0 aromatic rings. The van der Waals surface area contributed by atoms with Gasteiger partial charge in [0, 0.05) is 12.8 Å². The smallest absolute Gasteiger partial charge is 0.305 e. The summed E-state index contributed by atoms with van der Waals surface area (Å²) in [6, 6.07) is -0.548. The Morgan fingerprint density at radius 2 is 0.649 bits per heavy atom. The van der Waals surface area contributed by atoms with Crippen LogP contribution in [0.2, 0.25) is 0 Å². The molecule has 6 heteroatoms. The van der Waals surface area contributed by atoms with Gasteiger partial charge in [0.15, 0.2) is 0 Å². The number of unbranched alkanes of at least 4 members (excludes halogenated alkanes) is 48. The van der Waals surface area contributed by atoms with Crippen molar-refractivity contribution in [3.05, 3.63) is 36.5 Å². The van der Waals surface area contributed by atoms with E-state index < -0.39 is 12.1 Å². The third-order valence-electron chi connectivity index (χ3n) is 16.2. The number of ether oxygens (including phenoxy) is 1. The Balaban J connectivity index is 3.41. The maximum atomic E-state index is 12.5. The molecule has 0 aromatic heterocycles. The third kappa shape index (κ3) is 63.1. The summed E-state index contributed by atoms with van der Waals surface area (Å²) in [5, 5.41) is 23.4. The van der Waals surface area contributed by atoms with Crippen LogP contribution in [-0.4, -0.2) is 47.4 Å². The lowest BCUT2D eigenvalue weighted by atomic mass is 10.0. The summed E-state index contributed by atoms with van der Waals surface area (Å²) in [4.78, 5) is 24.6. The highest BCUT2D eigenvalue weighted by Crippen LogP contribution is 2.18. The van der Waals surface area contributed by atoms with Gasteiger partial charge in [0.25, 0.3) is 0 Å². The number of hydrogen-bond donors (Lipinski definition) is 3. The number of allylic oxidation sites excluding steroid dienone is 6. The largest absolute Gasteiger partial charge is 0.466 e. The summed E-state index contributed by atoms with van der Waals surface area (Å²) in [5.41, 5.74) is 0. The van der Waals surface area contributed by atoms with Crippen molar-refractivity contribution in [3.63, 3.8) is 0 Å². The number of carbonyl (C=O) groups excluding carboxylic acids is 2. The van der Waals surface area contributed by atoms with Crippen LogP contribution in [0.15, 0.2) is 36.5 Å². The highest BCUT2D eigenvalue weighted by atomic mass is 16.5. The Labute approximate surface area is 481 Å². The fourth-order valence-electron chi connectivity index (χ4n) is 10.8. The summed E-state index contributed by atoms with van der Waals surface area (Å²) in [6.45, 7) is 4.95. The van der Waals surface area contributed by atoms with Crippen LogP contribution in [0.5, 0.6) is 0 Å². The second kappa shape index (κ2) is 66.6. The van der Waals surface area contributed by atoms with E-state index in [1.807, 2.05) is 0 Å². The molecule has 2 atom stereocenters. The molecule has 1 amide bonds. The minimum absolute atomic E-state index is 0.00681. The predicted octanol–water partition coefficient (Wildman–Crippen LogP) is 22.3. The van der Waals surface area contributed by atoms with Gasteiger partial charge in [0.2, 0.25) is 5.91 Å². The zero-order chi connectivity index (χ0) is 55.7. The average Bonchev–Trinajstić information content (AvgIpc) is 3.43. The van der Waals surface area contributed by atoms with Crippen molar-refractivity contribution >= 4 is 11.9 Å². The predicted molar refractivity (Wildman–Crippen MR) is 338 cm³/mol. The second-order valence-corrected chi connectivity index (χ2v) is 23.9. The van der Waals surface area contributed by atoms with E-state index >= 15 is 0 Å². The van der Waals surface area contributed by atoms with Crippen molar-refractivity contribution in [3.8, 4) is 0 Å². The molecule has 77 heavy (non-hydrogen) atoms. The number of esters is 1. The molecule has 6 nitrogen and oxygen atoms in total. The van der Waals surface area contributed by atoms with E-state index in [4.69, 9.17) is 4.74 Å². The lowest BCUT2D eigenvalue weighted by molar-refractivity contribution is -0.143. The van der Waals surface area contributed by atoms with Crippen molar-refractivity contribution in [1.29, 1.82) is 0 Å². The van der Waals surface area contributed by atoms with Gasteiger partial charge in [-0.2, -0.15) is 0 Å². The van der Waals surface area contributed by atoms with E-state index in [9.17, 15) is 19.8 Å². The van der Waals surface area contributed by atoms with Gasteiger partial charge >= 0.3 is 5.97 Å². The normalized spacial score (nSPS) is 12.7. The molecule has 0 fully saturated rings. The Morgan fingerprint density at radius 3 is 1.03 bits per heavy atom. The van der Waals surface area contributed by atoms with E-state index in [2.05, 4.69) is 55.6 Å². The number of amides is 1. The average molecular weight is 1080 g/mol. The number of hydrogen-bond acceptors (Lipinski definition) is 5. The van der Waals surface area contributed by atoms with Crippen LogP contribution in [0.3, 0.4) is 0 Å². The maximum absolute atomic E-state index is 12.5. The number of nitrogens with one attached hydrogen (secondary N) is 1. The molecule has 0 aliphatic carbocycles. The first kappa shape index (κ1) is 75.1. The standard InChI is InChI=1S/C71H135NO5/c1-3-5-7-9-11-13-15-17-19-21-27-31-35-39-43-47-51-55-59-63-69(74)68(67-73)72-70(75)64-60-56-52-48-44-40-36-32-29-25-23-24-26-30-34-38-42-46-50-54-58-62-66-77-71(76)65-61-57-53-49-45-41-37-33-28-22-20-18-16-14-12-10-8-6-4-2/h12,14,18,20,25,29,68-69,73-74H,3-11,13,15-17,19,21-24,26-28,30-67H2,1-2H3,(H,72,75)/b14-12-,20-18-,29-25-. The molecule has 0 bridgehead atoms. The zero-order valence-corrected chi connectivity index (χ0v) is 52.0. The quantitative estimate of drug-likeness (QED) is 0.0320. The number of aliphatic hydroxyl groups is 2. The number of aliphatic hydroxyl groups excluding tert-OH is 2. The van der Waals surface area contributed by atoms with Gasteiger partial charge < -0.3 is 20.3 Å². The molecular formula is C71H135NO5. The fourth-order valence-corrected chi connectivity index (χ4v) is 10.8. The summed E-state index contributed by atoms with van der Waals surface area (Å²) in [6.07, 6.45) is 84.6. The van der Waals surface area contributed by atoms with Crippen LogP contribution in [0.25, 0.3) is 0 Å². The molecule has 0 spiro atoms. The van der Waals surface area contributed by atoms with Gasteiger partial charge in [0.1, 0.15) is 0 Å². The van der Waals surface area contributed by atoms with Crippen molar-refractivity contribution in [2.45, 2.75) is 392 Å². The molecule has 0 aromatic carbocycles. The highest BCUT2D eigenvalue weighted by molar-refractivity contribution is 5.76. The molecule has 2 unspecified atom stereocenters. The fraction of sp³-hybridized carbons (Fsp3) is 0.887. The van der Waals surface area contributed by atoms with Crippen LogP contribution in [0.4, 0.5) is 0 Å². The Kier molecular flexibility index (Phi) is 64.9. The SMILES string of the molecule is CCCCC/C=C\C/C=C\CCCCCCCCCCCC(=O)OCCCCCCCCCCCCC/C=C\CCCCCCCCCC(=O)NC(CO)C(O)CCCCCCCCCCCCCCCCCCCCC. The first-order chi connectivity index (χ1) is 38.0. The highest BCUT2D eigenvalue weighted by Gasteiger charge is 2.20. The first-order valence-corrected chi connectivity index (χ1v) is 34.7. The lowest BCUT2D eigenvalue weighted by Gasteiger charge is -2.22. The molecule has 0 heterocycles. The summed E-state index contributed by atoms with van der Waals surface area (Å²) < 4.78 is 5.50. The Morgan fingerprint density at radius 1 is 0.364 bits per heavy atom. The van der Waals surface area contributed by atoms with Gasteiger partial charge in [-0.1, -0.05) is 320 Å². The van der Waals surface area contributed by atoms with Crippen molar-refractivity contribution in [1.82, 2.24) is 5.32 Å². The minimum atomic E-state index is -0.670. The maximum Gasteiger partial charge on any atom is 0.305 e. The zero-order valence-electron chi connectivity index (χ0n) is 52.0. The van der Waals surface area contributed by atoms with Gasteiger partial charge in [-0.15, -0.1) is 0 Å². The first-order valence-electron chi connectivity index (χ1n) is 34.7. The van der Waals surface area contributed by atoms with Gasteiger partial charge in [-0.3, -0.25) is 9.59 Å². The topological polar surface area (TPSA) is 95.9 Å². The van der Waals surface area contributed by atoms with E-state index in [0.29, 0.717) is 25.9 Å². The molecule has 0 radical (unpaired) electrons. The molecule has 0 saturated carbocycles. The molecule has 454 valence electrons. The van der Waals surface area contributed by atoms with Crippen molar-refractivity contribution < 1.29 is 24.5 Å². The number of carbonyl (C=O) groups is 2. The van der Waals surface area contributed by atoms with E-state index in [1.54, 1.807) is 0 Å². The molecule has 0 saturated heterocycles. The van der Waals surface area contributed by atoms with Crippen molar-refractivity contribution in [2.75, 3.05) is 13.2 Å². The van der Waals surface area contributed by atoms with Crippen molar-refractivity contribution in [2.24, 2.45) is 0 Å². The summed E-state index contributed by atoms with van der Waals surface area (Å²) in [5.74, 6) is -0.0320. The Hall–Kier alpha value is -1.92. The lowest BCUT2D eigenvalue weighted by Crippen LogP contribution is -2.45. The minimum Gasteiger partial charge on any atom is -0.466 e.